The summed E-state index contributed by atoms with van der Waals surface area (Å²) in [6.45, 7) is 4.40. The van der Waals surface area contributed by atoms with Crippen LogP contribution in [0.5, 0.6) is 0 Å². The highest BCUT2D eigenvalue weighted by Crippen LogP contribution is 2.33. The number of rotatable bonds is 3. The summed E-state index contributed by atoms with van der Waals surface area (Å²) in [6, 6.07) is 6.47. The van der Waals surface area contributed by atoms with Gasteiger partial charge in [-0.15, -0.1) is 0 Å². The molecular formula is C16H25N3O. The summed E-state index contributed by atoms with van der Waals surface area (Å²) < 4.78 is 0. The predicted octanol–water partition coefficient (Wildman–Crippen LogP) is 3.10. The number of hydrogen-bond donors (Lipinski definition) is 2. The topological polar surface area (TPSA) is 61.9 Å². The molecule has 1 aliphatic rings. The van der Waals surface area contributed by atoms with Gasteiger partial charge in [0.2, 0.25) is 0 Å². The normalized spacial score (nSPS) is 23.6. The van der Waals surface area contributed by atoms with E-state index in [-0.39, 0.29) is 5.84 Å². The fourth-order valence-corrected chi connectivity index (χ4v) is 3.43. The van der Waals surface area contributed by atoms with Gasteiger partial charge in [-0.25, -0.2) is 0 Å². The number of oxime groups is 1. The van der Waals surface area contributed by atoms with Crippen molar-refractivity contribution in [2.24, 2.45) is 16.8 Å². The Hall–Kier alpha value is -1.71. The number of benzene rings is 1. The molecule has 0 saturated heterocycles. The van der Waals surface area contributed by atoms with E-state index in [1.165, 1.54) is 25.7 Å². The molecule has 0 radical (unpaired) electrons. The predicted molar refractivity (Wildman–Crippen MR) is 83.5 cm³/mol. The molecular weight excluding hydrogens is 250 g/mol. The number of amidine groups is 1. The van der Waals surface area contributed by atoms with Crippen LogP contribution in [-0.4, -0.2) is 24.1 Å². The lowest BCUT2D eigenvalue weighted by atomic mass is 9.84. The molecule has 2 unspecified atom stereocenters. The van der Waals surface area contributed by atoms with Gasteiger partial charge in [-0.2, -0.15) is 0 Å². The second-order valence-corrected chi connectivity index (χ2v) is 5.90. The van der Waals surface area contributed by atoms with Crippen molar-refractivity contribution in [2.75, 3.05) is 11.9 Å². The van der Waals surface area contributed by atoms with Gasteiger partial charge in [-0.1, -0.05) is 37.1 Å². The van der Waals surface area contributed by atoms with E-state index >= 15 is 0 Å². The van der Waals surface area contributed by atoms with E-state index in [4.69, 9.17) is 10.9 Å². The van der Waals surface area contributed by atoms with Gasteiger partial charge in [-0.05, 0) is 37.3 Å². The highest BCUT2D eigenvalue weighted by atomic mass is 16.4. The zero-order valence-electron chi connectivity index (χ0n) is 12.6. The molecule has 2 rings (SSSR count). The van der Waals surface area contributed by atoms with Crippen molar-refractivity contribution in [3.8, 4) is 0 Å². The van der Waals surface area contributed by atoms with Crippen molar-refractivity contribution in [1.82, 2.24) is 0 Å². The smallest absolute Gasteiger partial charge is 0.172 e. The molecule has 1 aromatic carbocycles. The molecule has 110 valence electrons. The minimum Gasteiger partial charge on any atom is -0.409 e. The molecule has 1 saturated carbocycles. The highest BCUT2D eigenvalue weighted by molar-refractivity contribution is 6.02. The van der Waals surface area contributed by atoms with Gasteiger partial charge in [0, 0.05) is 18.7 Å². The number of anilines is 1. The molecule has 0 amide bonds. The molecule has 3 N–H and O–H groups in total. The van der Waals surface area contributed by atoms with Crippen LogP contribution in [-0.2, 0) is 0 Å². The Morgan fingerprint density at radius 1 is 1.35 bits per heavy atom. The molecule has 0 spiro atoms. The van der Waals surface area contributed by atoms with E-state index in [2.05, 4.69) is 37.0 Å². The summed E-state index contributed by atoms with van der Waals surface area (Å²) in [6.07, 6.45) is 5.10. The lowest BCUT2D eigenvalue weighted by Crippen LogP contribution is -2.40. The maximum Gasteiger partial charge on any atom is 0.172 e. The molecule has 1 fully saturated rings. The Kier molecular flexibility index (Phi) is 4.53. The van der Waals surface area contributed by atoms with Crippen LogP contribution < -0.4 is 10.6 Å². The van der Waals surface area contributed by atoms with Crippen LogP contribution in [0.15, 0.2) is 23.4 Å². The standard InChI is InChI=1S/C16H25N3O/c1-11-7-4-5-10-14(11)19(3)15-12(2)8-6-9-13(15)16(17)18-20/h6,8-9,11,14,20H,4-5,7,10H2,1-3H3,(H2,17,18). The lowest BCUT2D eigenvalue weighted by molar-refractivity contribution is 0.318. The van der Waals surface area contributed by atoms with Crippen LogP contribution in [0.4, 0.5) is 5.69 Å². The molecule has 0 bridgehead atoms. The SMILES string of the molecule is Cc1cccc(/C(N)=N/O)c1N(C)C1CCCCC1C. The van der Waals surface area contributed by atoms with Crippen LogP contribution in [0.2, 0.25) is 0 Å². The highest BCUT2D eigenvalue weighted by Gasteiger charge is 2.27. The molecule has 4 nitrogen and oxygen atoms in total. The molecule has 2 atom stereocenters. The molecule has 1 aromatic rings. The van der Waals surface area contributed by atoms with Crippen molar-refractivity contribution in [3.05, 3.63) is 29.3 Å². The molecule has 0 heterocycles. The molecule has 1 aliphatic carbocycles. The first-order chi connectivity index (χ1) is 9.56. The summed E-state index contributed by atoms with van der Waals surface area (Å²) in [7, 11) is 2.13. The average Bonchev–Trinajstić information content (AvgIpc) is 2.46. The second kappa shape index (κ2) is 6.16. The van der Waals surface area contributed by atoms with E-state index in [0.29, 0.717) is 12.0 Å². The monoisotopic (exact) mass is 275 g/mol. The van der Waals surface area contributed by atoms with E-state index in [9.17, 15) is 0 Å². The molecule has 0 aliphatic heterocycles. The van der Waals surface area contributed by atoms with Gasteiger partial charge < -0.3 is 15.8 Å². The summed E-state index contributed by atoms with van der Waals surface area (Å²) in [5.74, 6) is 0.854. The molecule has 20 heavy (non-hydrogen) atoms. The molecule has 0 aromatic heterocycles. The zero-order valence-corrected chi connectivity index (χ0v) is 12.6. The number of aryl methyl sites for hydroxylation is 1. The van der Waals surface area contributed by atoms with Crippen molar-refractivity contribution in [1.29, 1.82) is 0 Å². The van der Waals surface area contributed by atoms with Crippen LogP contribution in [0, 0.1) is 12.8 Å². The van der Waals surface area contributed by atoms with Crippen molar-refractivity contribution >= 4 is 11.5 Å². The van der Waals surface area contributed by atoms with Crippen molar-refractivity contribution in [2.45, 2.75) is 45.6 Å². The number of hydrogen-bond acceptors (Lipinski definition) is 3. The Labute approximate surface area is 121 Å². The molecule has 4 heteroatoms. The maximum atomic E-state index is 8.99. The van der Waals surface area contributed by atoms with Crippen LogP contribution in [0.3, 0.4) is 0 Å². The summed E-state index contributed by atoms with van der Waals surface area (Å²) in [5.41, 5.74) is 8.90. The lowest BCUT2D eigenvalue weighted by Gasteiger charge is -2.39. The minimum atomic E-state index is 0.180. The van der Waals surface area contributed by atoms with Crippen LogP contribution in [0.25, 0.3) is 0 Å². The van der Waals surface area contributed by atoms with Crippen LogP contribution in [0.1, 0.15) is 43.7 Å². The summed E-state index contributed by atoms with van der Waals surface area (Å²) in [5, 5.41) is 12.2. The Bertz CT molecular complexity index is 498. The third kappa shape index (κ3) is 2.74. The fourth-order valence-electron chi connectivity index (χ4n) is 3.43. The van der Waals surface area contributed by atoms with Crippen LogP contribution >= 0.6 is 0 Å². The Morgan fingerprint density at radius 2 is 2.05 bits per heavy atom. The van der Waals surface area contributed by atoms with Gasteiger partial charge in [0.1, 0.15) is 0 Å². The van der Waals surface area contributed by atoms with E-state index in [1.807, 2.05) is 12.1 Å². The third-order valence-corrected chi connectivity index (χ3v) is 4.54. The largest absolute Gasteiger partial charge is 0.409 e. The Balaban J connectivity index is 2.40. The number of nitrogens with two attached hydrogens (primary N) is 1. The van der Waals surface area contributed by atoms with Gasteiger partial charge in [0.15, 0.2) is 5.84 Å². The Morgan fingerprint density at radius 3 is 2.70 bits per heavy atom. The fraction of sp³-hybridized carbons (Fsp3) is 0.562. The summed E-state index contributed by atoms with van der Waals surface area (Å²) >= 11 is 0. The van der Waals surface area contributed by atoms with Gasteiger partial charge in [0.05, 0.1) is 5.69 Å². The first kappa shape index (κ1) is 14.7. The van der Waals surface area contributed by atoms with E-state index < -0.39 is 0 Å². The zero-order chi connectivity index (χ0) is 14.7. The van der Waals surface area contributed by atoms with E-state index in [1.54, 1.807) is 0 Å². The number of para-hydroxylation sites is 1. The van der Waals surface area contributed by atoms with Crippen molar-refractivity contribution in [3.63, 3.8) is 0 Å². The van der Waals surface area contributed by atoms with Crippen molar-refractivity contribution < 1.29 is 5.21 Å². The van der Waals surface area contributed by atoms with E-state index in [0.717, 1.165) is 16.8 Å². The third-order valence-electron chi connectivity index (χ3n) is 4.54. The number of nitrogens with zero attached hydrogens (tertiary/aromatic N) is 2. The van der Waals surface area contributed by atoms with Gasteiger partial charge >= 0.3 is 0 Å². The first-order valence-electron chi connectivity index (χ1n) is 7.36. The average molecular weight is 275 g/mol. The first-order valence-corrected chi connectivity index (χ1v) is 7.36. The minimum absolute atomic E-state index is 0.180. The maximum absolute atomic E-state index is 8.99. The quantitative estimate of drug-likeness (QED) is 0.385. The summed E-state index contributed by atoms with van der Waals surface area (Å²) in [4.78, 5) is 2.33. The second-order valence-electron chi connectivity index (χ2n) is 5.90. The van der Waals surface area contributed by atoms with Gasteiger partial charge in [0.25, 0.3) is 0 Å². The van der Waals surface area contributed by atoms with Gasteiger partial charge in [-0.3, -0.25) is 0 Å².